The highest BCUT2D eigenvalue weighted by atomic mass is 16.5. The summed E-state index contributed by atoms with van der Waals surface area (Å²) in [6.45, 7) is 5.51. The maximum absolute atomic E-state index is 11.1. The minimum absolute atomic E-state index is 0.137. The van der Waals surface area contributed by atoms with E-state index in [0.29, 0.717) is 12.6 Å². The molecule has 1 heterocycles. The molecule has 1 unspecified atom stereocenters. The molecule has 0 saturated carbocycles. The Morgan fingerprint density at radius 3 is 3.07 bits per heavy atom. The van der Waals surface area contributed by atoms with Crippen molar-refractivity contribution < 1.29 is 9.53 Å². The average molecular weight is 200 g/mol. The molecule has 0 aliphatic carbocycles. The lowest BCUT2D eigenvalue weighted by atomic mass is 10.1. The standard InChI is InChI=1S/C10H20N2O2/c1-3-11-9-5-4-6-12(7-9)8-10(13)14-2/h9,11H,3-8H2,1-2H3. The van der Waals surface area contributed by atoms with Crippen LogP contribution in [0.15, 0.2) is 0 Å². The quantitative estimate of drug-likeness (QED) is 0.660. The Bertz CT molecular complexity index is 183. The summed E-state index contributed by atoms with van der Waals surface area (Å²) in [5, 5.41) is 3.41. The van der Waals surface area contributed by atoms with Crippen LogP contribution in [0.1, 0.15) is 19.8 Å². The van der Waals surface area contributed by atoms with Crippen LogP contribution in [0, 0.1) is 0 Å². The minimum Gasteiger partial charge on any atom is -0.468 e. The zero-order valence-corrected chi connectivity index (χ0v) is 9.08. The molecule has 0 aromatic rings. The summed E-state index contributed by atoms with van der Waals surface area (Å²) in [6.07, 6.45) is 2.38. The fourth-order valence-electron chi connectivity index (χ4n) is 1.90. The van der Waals surface area contributed by atoms with Gasteiger partial charge >= 0.3 is 5.97 Å². The molecule has 0 aromatic heterocycles. The second kappa shape index (κ2) is 5.98. The molecule has 1 rings (SSSR count). The van der Waals surface area contributed by atoms with Gasteiger partial charge in [-0.25, -0.2) is 0 Å². The van der Waals surface area contributed by atoms with Gasteiger partial charge in [-0.3, -0.25) is 9.69 Å². The molecular weight excluding hydrogens is 180 g/mol. The lowest BCUT2D eigenvalue weighted by Gasteiger charge is -2.32. The number of carbonyl (C=O) groups is 1. The first-order valence-corrected chi connectivity index (χ1v) is 5.28. The van der Waals surface area contributed by atoms with Crippen LogP contribution in [0.5, 0.6) is 0 Å². The summed E-state index contributed by atoms with van der Waals surface area (Å²) < 4.78 is 4.65. The Balaban J connectivity index is 2.28. The van der Waals surface area contributed by atoms with Crippen LogP contribution < -0.4 is 5.32 Å². The molecule has 1 aliphatic rings. The monoisotopic (exact) mass is 200 g/mol. The van der Waals surface area contributed by atoms with Gasteiger partial charge in [0.2, 0.25) is 0 Å². The third-order valence-corrected chi connectivity index (χ3v) is 2.58. The number of piperidine rings is 1. The van der Waals surface area contributed by atoms with E-state index in [-0.39, 0.29) is 5.97 Å². The van der Waals surface area contributed by atoms with Gasteiger partial charge in [-0.05, 0) is 25.9 Å². The molecule has 0 radical (unpaired) electrons. The van der Waals surface area contributed by atoms with E-state index in [1.54, 1.807) is 0 Å². The number of hydrogen-bond acceptors (Lipinski definition) is 4. The van der Waals surface area contributed by atoms with Crippen molar-refractivity contribution in [2.45, 2.75) is 25.8 Å². The predicted molar refractivity (Wildman–Crippen MR) is 55.2 cm³/mol. The summed E-state index contributed by atoms with van der Waals surface area (Å²) >= 11 is 0. The molecule has 1 N–H and O–H groups in total. The Labute approximate surface area is 85.6 Å². The molecule has 0 amide bonds. The van der Waals surface area contributed by atoms with Gasteiger partial charge in [-0.15, -0.1) is 0 Å². The number of carbonyl (C=O) groups excluding carboxylic acids is 1. The van der Waals surface area contributed by atoms with Gasteiger partial charge in [0, 0.05) is 12.6 Å². The summed E-state index contributed by atoms with van der Waals surface area (Å²) in [5.74, 6) is -0.137. The molecule has 0 bridgehead atoms. The average Bonchev–Trinajstić information content (AvgIpc) is 2.19. The topological polar surface area (TPSA) is 41.6 Å². The van der Waals surface area contributed by atoms with Crippen molar-refractivity contribution >= 4 is 5.97 Å². The summed E-state index contributed by atoms with van der Waals surface area (Å²) in [5.41, 5.74) is 0. The molecule has 0 spiro atoms. The van der Waals surface area contributed by atoms with Crippen LogP contribution in [0.3, 0.4) is 0 Å². The van der Waals surface area contributed by atoms with Crippen molar-refractivity contribution in [3.63, 3.8) is 0 Å². The van der Waals surface area contributed by atoms with Crippen LogP contribution in [0.25, 0.3) is 0 Å². The van der Waals surface area contributed by atoms with Crippen molar-refractivity contribution in [2.24, 2.45) is 0 Å². The third-order valence-electron chi connectivity index (χ3n) is 2.58. The molecule has 4 nitrogen and oxygen atoms in total. The zero-order valence-electron chi connectivity index (χ0n) is 9.08. The normalized spacial score (nSPS) is 23.4. The molecule has 4 heteroatoms. The summed E-state index contributed by atoms with van der Waals surface area (Å²) in [7, 11) is 1.44. The first-order valence-electron chi connectivity index (χ1n) is 5.28. The molecule has 1 aliphatic heterocycles. The summed E-state index contributed by atoms with van der Waals surface area (Å²) in [6, 6.07) is 0.540. The smallest absolute Gasteiger partial charge is 0.319 e. The van der Waals surface area contributed by atoms with E-state index in [1.165, 1.54) is 13.5 Å². The maximum atomic E-state index is 11.1. The van der Waals surface area contributed by atoms with Crippen molar-refractivity contribution in [3.05, 3.63) is 0 Å². The van der Waals surface area contributed by atoms with Gasteiger partial charge in [0.1, 0.15) is 0 Å². The lowest BCUT2D eigenvalue weighted by Crippen LogP contribution is -2.47. The van der Waals surface area contributed by atoms with E-state index < -0.39 is 0 Å². The highest BCUT2D eigenvalue weighted by Crippen LogP contribution is 2.09. The maximum Gasteiger partial charge on any atom is 0.319 e. The van der Waals surface area contributed by atoms with Gasteiger partial charge < -0.3 is 10.1 Å². The highest BCUT2D eigenvalue weighted by molar-refractivity contribution is 5.71. The van der Waals surface area contributed by atoms with Crippen LogP contribution in [0.2, 0.25) is 0 Å². The van der Waals surface area contributed by atoms with E-state index in [9.17, 15) is 4.79 Å². The third kappa shape index (κ3) is 3.64. The van der Waals surface area contributed by atoms with Crippen LogP contribution in [-0.2, 0) is 9.53 Å². The molecular formula is C10H20N2O2. The van der Waals surface area contributed by atoms with Gasteiger partial charge in [-0.2, -0.15) is 0 Å². The number of nitrogens with one attached hydrogen (secondary N) is 1. The molecule has 1 saturated heterocycles. The van der Waals surface area contributed by atoms with E-state index >= 15 is 0 Å². The fourth-order valence-corrected chi connectivity index (χ4v) is 1.90. The highest BCUT2D eigenvalue weighted by Gasteiger charge is 2.20. The molecule has 1 fully saturated rings. The largest absolute Gasteiger partial charge is 0.468 e. The minimum atomic E-state index is -0.137. The van der Waals surface area contributed by atoms with Gasteiger partial charge in [0.05, 0.1) is 13.7 Å². The molecule has 82 valence electrons. The van der Waals surface area contributed by atoms with Crippen LogP contribution in [0.4, 0.5) is 0 Å². The Morgan fingerprint density at radius 1 is 1.64 bits per heavy atom. The van der Waals surface area contributed by atoms with Crippen molar-refractivity contribution in [1.29, 1.82) is 0 Å². The van der Waals surface area contributed by atoms with Crippen molar-refractivity contribution in [3.8, 4) is 0 Å². The SMILES string of the molecule is CCNC1CCCN(CC(=O)OC)C1. The molecule has 1 atom stereocenters. The lowest BCUT2D eigenvalue weighted by molar-refractivity contribution is -0.142. The Hall–Kier alpha value is -0.610. The summed E-state index contributed by atoms with van der Waals surface area (Å²) in [4.78, 5) is 13.2. The van der Waals surface area contributed by atoms with Crippen LogP contribution in [-0.4, -0.2) is 50.2 Å². The number of hydrogen-bond donors (Lipinski definition) is 1. The number of ether oxygens (including phenoxy) is 1. The number of nitrogens with zero attached hydrogens (tertiary/aromatic N) is 1. The second-order valence-electron chi connectivity index (χ2n) is 3.71. The number of rotatable bonds is 4. The van der Waals surface area contributed by atoms with E-state index in [4.69, 9.17) is 0 Å². The number of methoxy groups -OCH3 is 1. The van der Waals surface area contributed by atoms with E-state index in [0.717, 1.165) is 26.1 Å². The first kappa shape index (κ1) is 11.5. The number of likely N-dealkylation sites (N-methyl/N-ethyl adjacent to an activating group) is 1. The van der Waals surface area contributed by atoms with E-state index in [1.807, 2.05) is 0 Å². The Kier molecular flexibility index (Phi) is 4.90. The molecule has 14 heavy (non-hydrogen) atoms. The number of esters is 1. The van der Waals surface area contributed by atoms with Crippen molar-refractivity contribution in [2.75, 3.05) is 33.3 Å². The van der Waals surface area contributed by atoms with Crippen molar-refractivity contribution in [1.82, 2.24) is 10.2 Å². The fraction of sp³-hybridized carbons (Fsp3) is 0.900. The Morgan fingerprint density at radius 2 is 2.43 bits per heavy atom. The van der Waals surface area contributed by atoms with Gasteiger partial charge in [0.15, 0.2) is 0 Å². The van der Waals surface area contributed by atoms with Crippen LogP contribution >= 0.6 is 0 Å². The second-order valence-corrected chi connectivity index (χ2v) is 3.71. The first-order chi connectivity index (χ1) is 6.76. The van der Waals surface area contributed by atoms with Gasteiger partial charge in [0.25, 0.3) is 0 Å². The van der Waals surface area contributed by atoms with Gasteiger partial charge in [-0.1, -0.05) is 6.92 Å². The molecule has 0 aromatic carbocycles. The zero-order chi connectivity index (χ0) is 10.4. The predicted octanol–water partition coefficient (Wildman–Crippen LogP) is 0.233. The number of likely N-dealkylation sites (tertiary alicyclic amines) is 1. The van der Waals surface area contributed by atoms with E-state index in [2.05, 4.69) is 21.9 Å².